The van der Waals surface area contributed by atoms with Crippen LogP contribution in [0.2, 0.25) is 0 Å². The lowest BCUT2D eigenvalue weighted by Crippen LogP contribution is -1.87. The van der Waals surface area contributed by atoms with E-state index in [1.165, 1.54) is 22.3 Å². The van der Waals surface area contributed by atoms with Crippen molar-refractivity contribution in [3.8, 4) is 0 Å². The molecule has 0 radical (unpaired) electrons. The second-order valence-electron chi connectivity index (χ2n) is 3.27. The summed E-state index contributed by atoms with van der Waals surface area (Å²) in [5.41, 5.74) is 5.11. The third kappa shape index (κ3) is 2.09. The highest BCUT2D eigenvalue weighted by Crippen LogP contribution is 2.18. The van der Waals surface area contributed by atoms with Crippen LogP contribution in [0.1, 0.15) is 29.2 Å². The molecule has 68 valence electrons. The van der Waals surface area contributed by atoms with Crippen LogP contribution in [0.25, 0.3) is 12.2 Å². The van der Waals surface area contributed by atoms with E-state index in [2.05, 4.69) is 44.7 Å². The number of benzene rings is 1. The van der Waals surface area contributed by atoms with Gasteiger partial charge in [0.05, 0.1) is 0 Å². The van der Waals surface area contributed by atoms with Crippen LogP contribution in [0.3, 0.4) is 0 Å². The predicted molar refractivity (Wildman–Crippen MR) is 60.7 cm³/mol. The molecule has 0 fully saturated rings. The molecule has 0 aromatic heterocycles. The van der Waals surface area contributed by atoms with Gasteiger partial charge in [-0.1, -0.05) is 36.9 Å². The number of hydrogen-bond acceptors (Lipinski definition) is 0. The van der Waals surface area contributed by atoms with Gasteiger partial charge in [-0.15, -0.1) is 0 Å². The molecule has 13 heavy (non-hydrogen) atoms. The van der Waals surface area contributed by atoms with Gasteiger partial charge in [-0.05, 0) is 43.0 Å². The summed E-state index contributed by atoms with van der Waals surface area (Å²) in [6.45, 7) is 10.1. The van der Waals surface area contributed by atoms with Crippen molar-refractivity contribution in [1.82, 2.24) is 0 Å². The SMILES string of the molecule is C=Cc1cc(C)c(/C=C\C)cc1C. The largest absolute Gasteiger partial charge is 0.0985 e. The van der Waals surface area contributed by atoms with E-state index in [9.17, 15) is 0 Å². The molecule has 1 aromatic carbocycles. The van der Waals surface area contributed by atoms with E-state index in [0.29, 0.717) is 0 Å². The lowest BCUT2D eigenvalue weighted by molar-refractivity contribution is 1.36. The summed E-state index contributed by atoms with van der Waals surface area (Å²) in [6.07, 6.45) is 6.10. The molecule has 0 aliphatic rings. The van der Waals surface area contributed by atoms with E-state index >= 15 is 0 Å². The summed E-state index contributed by atoms with van der Waals surface area (Å²) in [6, 6.07) is 4.38. The monoisotopic (exact) mass is 172 g/mol. The third-order valence-corrected chi connectivity index (χ3v) is 2.22. The quantitative estimate of drug-likeness (QED) is 0.633. The Kier molecular flexibility index (Phi) is 3.07. The van der Waals surface area contributed by atoms with Crippen molar-refractivity contribution in [2.45, 2.75) is 20.8 Å². The van der Waals surface area contributed by atoms with Crippen LogP contribution < -0.4 is 0 Å². The Morgan fingerprint density at radius 3 is 2.15 bits per heavy atom. The van der Waals surface area contributed by atoms with Crippen LogP contribution in [0, 0.1) is 13.8 Å². The molecule has 1 aromatic rings. The maximum absolute atomic E-state index is 3.79. The molecule has 1 rings (SSSR count). The Morgan fingerprint density at radius 2 is 1.62 bits per heavy atom. The molecule has 0 saturated carbocycles. The van der Waals surface area contributed by atoms with Gasteiger partial charge in [0.25, 0.3) is 0 Å². The molecular formula is C13H16. The van der Waals surface area contributed by atoms with Crippen LogP contribution >= 0.6 is 0 Å². The Morgan fingerprint density at radius 1 is 1.08 bits per heavy atom. The zero-order chi connectivity index (χ0) is 9.84. The van der Waals surface area contributed by atoms with Crippen molar-refractivity contribution >= 4 is 12.2 Å². The predicted octanol–water partition coefficient (Wildman–Crippen LogP) is 3.98. The van der Waals surface area contributed by atoms with Gasteiger partial charge in [0.2, 0.25) is 0 Å². The number of hydrogen-bond donors (Lipinski definition) is 0. The molecule has 0 N–H and O–H groups in total. The first-order valence-electron chi connectivity index (χ1n) is 4.55. The maximum atomic E-state index is 3.79. The minimum Gasteiger partial charge on any atom is -0.0985 e. The minimum absolute atomic E-state index is 1.23. The van der Waals surface area contributed by atoms with Crippen LogP contribution in [0.15, 0.2) is 24.8 Å². The smallest absolute Gasteiger partial charge is 0.0228 e. The number of aryl methyl sites for hydroxylation is 2. The highest BCUT2D eigenvalue weighted by molar-refractivity contribution is 5.61. The van der Waals surface area contributed by atoms with Gasteiger partial charge in [-0.25, -0.2) is 0 Å². The molecule has 0 heterocycles. The summed E-state index contributed by atoms with van der Waals surface area (Å²) >= 11 is 0. The average Bonchev–Trinajstić information content (AvgIpc) is 2.11. The summed E-state index contributed by atoms with van der Waals surface area (Å²) in [5.74, 6) is 0. The normalized spacial score (nSPS) is 10.7. The van der Waals surface area contributed by atoms with Crippen molar-refractivity contribution in [1.29, 1.82) is 0 Å². The first kappa shape index (κ1) is 9.79. The molecule has 0 heteroatoms. The fourth-order valence-electron chi connectivity index (χ4n) is 1.44. The number of allylic oxidation sites excluding steroid dienone is 1. The first-order valence-corrected chi connectivity index (χ1v) is 4.55. The van der Waals surface area contributed by atoms with Gasteiger partial charge < -0.3 is 0 Å². The van der Waals surface area contributed by atoms with Crippen LogP contribution in [-0.4, -0.2) is 0 Å². The highest BCUT2D eigenvalue weighted by Gasteiger charge is 1.98. The van der Waals surface area contributed by atoms with Gasteiger partial charge in [0.15, 0.2) is 0 Å². The lowest BCUT2D eigenvalue weighted by atomic mass is 10.00. The van der Waals surface area contributed by atoms with E-state index in [1.54, 1.807) is 0 Å². The van der Waals surface area contributed by atoms with Gasteiger partial charge in [-0.2, -0.15) is 0 Å². The van der Waals surface area contributed by atoms with Gasteiger partial charge in [0.1, 0.15) is 0 Å². The molecule has 0 bridgehead atoms. The van der Waals surface area contributed by atoms with Gasteiger partial charge >= 0.3 is 0 Å². The van der Waals surface area contributed by atoms with Crippen LogP contribution in [-0.2, 0) is 0 Å². The zero-order valence-corrected chi connectivity index (χ0v) is 8.59. The third-order valence-electron chi connectivity index (χ3n) is 2.22. The number of rotatable bonds is 2. The average molecular weight is 172 g/mol. The second kappa shape index (κ2) is 4.08. The Hall–Kier alpha value is -1.30. The van der Waals surface area contributed by atoms with E-state index < -0.39 is 0 Å². The van der Waals surface area contributed by atoms with Crippen molar-refractivity contribution in [2.24, 2.45) is 0 Å². The van der Waals surface area contributed by atoms with Crippen molar-refractivity contribution in [3.63, 3.8) is 0 Å². The van der Waals surface area contributed by atoms with E-state index in [-0.39, 0.29) is 0 Å². The lowest BCUT2D eigenvalue weighted by Gasteiger charge is -2.06. The van der Waals surface area contributed by atoms with E-state index in [0.717, 1.165) is 0 Å². The molecule has 0 unspecified atom stereocenters. The summed E-state index contributed by atoms with van der Waals surface area (Å²) < 4.78 is 0. The van der Waals surface area contributed by atoms with Gasteiger partial charge in [0, 0.05) is 0 Å². The molecule has 0 spiro atoms. The second-order valence-corrected chi connectivity index (χ2v) is 3.27. The van der Waals surface area contributed by atoms with Crippen molar-refractivity contribution in [2.75, 3.05) is 0 Å². The van der Waals surface area contributed by atoms with Crippen LogP contribution in [0.4, 0.5) is 0 Å². The topological polar surface area (TPSA) is 0 Å². The summed E-state index contributed by atoms with van der Waals surface area (Å²) in [4.78, 5) is 0. The Labute approximate surface area is 80.6 Å². The van der Waals surface area contributed by atoms with Crippen LogP contribution in [0.5, 0.6) is 0 Å². The Bertz CT molecular complexity index is 343. The maximum Gasteiger partial charge on any atom is -0.0228 e. The van der Waals surface area contributed by atoms with E-state index in [4.69, 9.17) is 0 Å². The highest BCUT2D eigenvalue weighted by atomic mass is 14.0. The molecule has 0 atom stereocenters. The van der Waals surface area contributed by atoms with Crippen molar-refractivity contribution in [3.05, 3.63) is 47.0 Å². The fraction of sp³-hybridized carbons (Fsp3) is 0.231. The molecule has 0 saturated heterocycles. The van der Waals surface area contributed by atoms with Crippen molar-refractivity contribution < 1.29 is 0 Å². The minimum atomic E-state index is 1.23. The standard InChI is InChI=1S/C13H16/c1-5-7-13-9-10(3)12(6-2)8-11(13)4/h5-9H,2H2,1,3-4H3/b7-5-. The molecule has 0 aliphatic carbocycles. The summed E-state index contributed by atoms with van der Waals surface area (Å²) in [7, 11) is 0. The van der Waals surface area contributed by atoms with Gasteiger partial charge in [-0.3, -0.25) is 0 Å². The Balaban J connectivity index is 3.27. The summed E-state index contributed by atoms with van der Waals surface area (Å²) in [5, 5.41) is 0. The fourth-order valence-corrected chi connectivity index (χ4v) is 1.44. The molecule has 0 amide bonds. The molecular weight excluding hydrogens is 156 g/mol. The molecule has 0 aliphatic heterocycles. The van der Waals surface area contributed by atoms with E-state index in [1.807, 2.05) is 13.0 Å². The first-order chi connectivity index (χ1) is 6.19. The zero-order valence-electron chi connectivity index (χ0n) is 8.59. The molecule has 0 nitrogen and oxygen atoms in total.